The van der Waals surface area contributed by atoms with Gasteiger partial charge in [-0.05, 0) is 24.0 Å². The minimum Gasteiger partial charge on any atom is -0.467 e. The SMILES string of the molecule is CC(C)(C)C(CCO)NCC(O)c1ccco1. The molecule has 1 aromatic rings. The number of nitrogens with one attached hydrogen (secondary N) is 1. The third kappa shape index (κ3) is 4.50. The van der Waals surface area contributed by atoms with Gasteiger partial charge in [0.15, 0.2) is 0 Å². The van der Waals surface area contributed by atoms with Crippen LogP contribution < -0.4 is 5.32 Å². The largest absolute Gasteiger partial charge is 0.467 e. The van der Waals surface area contributed by atoms with Crippen LogP contribution in [0.2, 0.25) is 0 Å². The van der Waals surface area contributed by atoms with Crippen molar-refractivity contribution in [3.05, 3.63) is 24.2 Å². The van der Waals surface area contributed by atoms with E-state index < -0.39 is 6.10 Å². The lowest BCUT2D eigenvalue weighted by Gasteiger charge is -2.31. The predicted molar refractivity (Wildman–Crippen MR) is 66.6 cm³/mol. The van der Waals surface area contributed by atoms with Gasteiger partial charge in [-0.1, -0.05) is 20.8 Å². The van der Waals surface area contributed by atoms with Gasteiger partial charge in [0.1, 0.15) is 11.9 Å². The van der Waals surface area contributed by atoms with E-state index in [4.69, 9.17) is 9.52 Å². The van der Waals surface area contributed by atoms with Gasteiger partial charge in [0, 0.05) is 19.2 Å². The molecule has 0 fully saturated rings. The van der Waals surface area contributed by atoms with Gasteiger partial charge in [0.05, 0.1) is 6.26 Å². The zero-order valence-electron chi connectivity index (χ0n) is 10.8. The van der Waals surface area contributed by atoms with E-state index in [9.17, 15) is 5.11 Å². The smallest absolute Gasteiger partial charge is 0.133 e. The van der Waals surface area contributed by atoms with Gasteiger partial charge in [-0.25, -0.2) is 0 Å². The van der Waals surface area contributed by atoms with Crippen LogP contribution in [0.25, 0.3) is 0 Å². The number of rotatable bonds is 6. The molecule has 0 amide bonds. The lowest BCUT2D eigenvalue weighted by molar-refractivity contribution is 0.124. The average Bonchev–Trinajstić information content (AvgIpc) is 2.75. The Bertz CT molecular complexity index is 303. The van der Waals surface area contributed by atoms with Crippen molar-refractivity contribution in [2.45, 2.75) is 39.3 Å². The van der Waals surface area contributed by atoms with E-state index in [2.05, 4.69) is 26.1 Å². The Morgan fingerprint density at radius 1 is 1.41 bits per heavy atom. The minimum absolute atomic E-state index is 0.0472. The predicted octanol–water partition coefficient (Wildman–Crippen LogP) is 1.70. The number of furan rings is 1. The molecule has 1 rings (SSSR count). The summed E-state index contributed by atoms with van der Waals surface area (Å²) in [7, 11) is 0. The highest BCUT2D eigenvalue weighted by Crippen LogP contribution is 2.22. The maximum atomic E-state index is 9.87. The van der Waals surface area contributed by atoms with Crippen LogP contribution in [-0.4, -0.2) is 29.4 Å². The second kappa shape index (κ2) is 6.19. The molecule has 2 atom stereocenters. The van der Waals surface area contributed by atoms with Crippen LogP contribution in [0, 0.1) is 5.41 Å². The molecule has 17 heavy (non-hydrogen) atoms. The van der Waals surface area contributed by atoms with Gasteiger partial charge in [-0.3, -0.25) is 0 Å². The summed E-state index contributed by atoms with van der Waals surface area (Å²) in [6.07, 6.45) is 1.58. The Morgan fingerprint density at radius 3 is 2.59 bits per heavy atom. The van der Waals surface area contributed by atoms with Crippen molar-refractivity contribution >= 4 is 0 Å². The summed E-state index contributed by atoms with van der Waals surface area (Å²) in [5.41, 5.74) is 0.0472. The molecule has 0 aliphatic heterocycles. The highest BCUT2D eigenvalue weighted by molar-refractivity contribution is 5.02. The zero-order chi connectivity index (χ0) is 12.9. The van der Waals surface area contributed by atoms with Crippen molar-refractivity contribution in [3.63, 3.8) is 0 Å². The van der Waals surface area contributed by atoms with Crippen molar-refractivity contribution in [1.82, 2.24) is 5.32 Å². The number of hydrogen-bond donors (Lipinski definition) is 3. The molecule has 0 bridgehead atoms. The fourth-order valence-corrected chi connectivity index (χ4v) is 1.81. The molecule has 0 aliphatic rings. The summed E-state index contributed by atoms with van der Waals surface area (Å²) in [5.74, 6) is 0.564. The summed E-state index contributed by atoms with van der Waals surface area (Å²) in [4.78, 5) is 0. The van der Waals surface area contributed by atoms with E-state index in [1.807, 2.05) is 0 Å². The Hall–Kier alpha value is -0.840. The Labute approximate surface area is 103 Å². The number of hydrogen-bond acceptors (Lipinski definition) is 4. The molecule has 0 saturated carbocycles. The van der Waals surface area contributed by atoms with Crippen LogP contribution in [0.15, 0.2) is 22.8 Å². The molecule has 1 aromatic heterocycles. The fraction of sp³-hybridized carbons (Fsp3) is 0.692. The van der Waals surface area contributed by atoms with Gasteiger partial charge < -0.3 is 19.9 Å². The monoisotopic (exact) mass is 241 g/mol. The van der Waals surface area contributed by atoms with E-state index in [0.29, 0.717) is 18.7 Å². The molecule has 98 valence electrons. The van der Waals surface area contributed by atoms with Gasteiger partial charge in [-0.15, -0.1) is 0 Å². The second-order valence-corrected chi connectivity index (χ2v) is 5.37. The lowest BCUT2D eigenvalue weighted by Crippen LogP contribution is -2.42. The molecular formula is C13H23NO3. The van der Waals surface area contributed by atoms with Crippen molar-refractivity contribution < 1.29 is 14.6 Å². The molecule has 0 aliphatic carbocycles. The molecule has 0 aromatic carbocycles. The summed E-state index contributed by atoms with van der Waals surface area (Å²) >= 11 is 0. The van der Waals surface area contributed by atoms with E-state index in [-0.39, 0.29) is 18.1 Å². The maximum Gasteiger partial charge on any atom is 0.133 e. The van der Waals surface area contributed by atoms with E-state index in [1.165, 1.54) is 0 Å². The van der Waals surface area contributed by atoms with Crippen LogP contribution in [0.4, 0.5) is 0 Å². The third-order valence-corrected chi connectivity index (χ3v) is 2.89. The molecule has 2 unspecified atom stereocenters. The third-order valence-electron chi connectivity index (χ3n) is 2.89. The van der Waals surface area contributed by atoms with Gasteiger partial charge in [0.25, 0.3) is 0 Å². The van der Waals surface area contributed by atoms with E-state index in [1.54, 1.807) is 18.4 Å². The maximum absolute atomic E-state index is 9.87. The topological polar surface area (TPSA) is 65.6 Å². The Balaban J connectivity index is 2.47. The van der Waals surface area contributed by atoms with Crippen molar-refractivity contribution in [2.75, 3.05) is 13.2 Å². The van der Waals surface area contributed by atoms with Crippen molar-refractivity contribution in [3.8, 4) is 0 Å². The second-order valence-electron chi connectivity index (χ2n) is 5.37. The Kier molecular flexibility index (Phi) is 5.18. The molecule has 0 saturated heterocycles. The van der Waals surface area contributed by atoms with Crippen LogP contribution in [0.3, 0.4) is 0 Å². The molecule has 0 radical (unpaired) electrons. The highest BCUT2D eigenvalue weighted by atomic mass is 16.4. The normalized spacial score (nSPS) is 15.8. The van der Waals surface area contributed by atoms with Crippen LogP contribution in [0.5, 0.6) is 0 Å². The van der Waals surface area contributed by atoms with Crippen molar-refractivity contribution in [1.29, 1.82) is 0 Å². The molecule has 4 nitrogen and oxygen atoms in total. The summed E-state index contributed by atoms with van der Waals surface area (Å²) in [5, 5.41) is 22.2. The fourth-order valence-electron chi connectivity index (χ4n) is 1.81. The van der Waals surface area contributed by atoms with Crippen LogP contribution >= 0.6 is 0 Å². The molecule has 1 heterocycles. The van der Waals surface area contributed by atoms with Gasteiger partial charge >= 0.3 is 0 Å². The molecule has 4 heteroatoms. The highest BCUT2D eigenvalue weighted by Gasteiger charge is 2.24. The Morgan fingerprint density at radius 2 is 2.12 bits per heavy atom. The number of aliphatic hydroxyl groups excluding tert-OH is 2. The molecule has 0 spiro atoms. The van der Waals surface area contributed by atoms with Crippen molar-refractivity contribution in [2.24, 2.45) is 5.41 Å². The standard InChI is InChI=1S/C13H23NO3/c1-13(2,3)12(6-7-15)14-9-10(16)11-5-4-8-17-11/h4-5,8,10,12,14-16H,6-7,9H2,1-3H3. The molecular weight excluding hydrogens is 218 g/mol. The quantitative estimate of drug-likeness (QED) is 0.709. The van der Waals surface area contributed by atoms with E-state index >= 15 is 0 Å². The van der Waals surface area contributed by atoms with Crippen LogP contribution in [-0.2, 0) is 0 Å². The average molecular weight is 241 g/mol. The zero-order valence-corrected chi connectivity index (χ0v) is 10.8. The van der Waals surface area contributed by atoms with Crippen LogP contribution in [0.1, 0.15) is 39.1 Å². The number of aliphatic hydroxyl groups is 2. The molecule has 3 N–H and O–H groups in total. The summed E-state index contributed by atoms with van der Waals surface area (Å²) < 4.78 is 5.13. The minimum atomic E-state index is -0.645. The first kappa shape index (κ1) is 14.2. The first-order valence-electron chi connectivity index (χ1n) is 6.01. The first-order chi connectivity index (χ1) is 7.95. The van der Waals surface area contributed by atoms with Gasteiger partial charge in [0.2, 0.25) is 0 Å². The summed E-state index contributed by atoms with van der Waals surface area (Å²) in [6.45, 7) is 6.90. The first-order valence-corrected chi connectivity index (χ1v) is 6.01. The lowest BCUT2D eigenvalue weighted by atomic mass is 9.85. The van der Waals surface area contributed by atoms with Gasteiger partial charge in [-0.2, -0.15) is 0 Å². The van der Waals surface area contributed by atoms with E-state index in [0.717, 1.165) is 0 Å². The summed E-state index contributed by atoms with van der Waals surface area (Å²) in [6, 6.07) is 3.68.